The third-order valence-corrected chi connectivity index (χ3v) is 10.2. The van der Waals surface area contributed by atoms with Crippen molar-refractivity contribution in [3.63, 3.8) is 0 Å². The minimum Gasteiger partial charge on any atom is -0.298 e. The predicted molar refractivity (Wildman–Crippen MR) is 97.9 cm³/mol. The number of aliphatic imine (C=N–C) groups is 1. The van der Waals surface area contributed by atoms with Crippen molar-refractivity contribution in [2.75, 3.05) is 6.54 Å². The van der Waals surface area contributed by atoms with Gasteiger partial charge in [-0.3, -0.25) is 4.99 Å². The van der Waals surface area contributed by atoms with Gasteiger partial charge in [0.15, 0.2) is 0 Å². The Hall–Kier alpha value is -0.373. The molecular formula is C18H37NSi. The minimum atomic E-state index is -1.04. The maximum Gasteiger partial charge on any atom is 0.0571 e. The number of nitrogens with zero attached hydrogens (tertiary/aromatic N) is 1. The predicted octanol–water partition coefficient (Wildman–Crippen LogP) is 6.48. The standard InChI is InChI=1S/C18H37NSi/c1-5-9-10-11-12-13-15-19-16-14-18-20(7-3,8-4)17-6-2/h6,16H,2,5,7-15,17-18H2,1,3-4H3. The maximum absolute atomic E-state index is 4.59. The third kappa shape index (κ3) is 9.52. The average Bonchev–Trinajstić information content (AvgIpc) is 2.48. The zero-order valence-electron chi connectivity index (χ0n) is 14.3. The Bertz CT molecular complexity index is 244. The van der Waals surface area contributed by atoms with Gasteiger partial charge in [-0.25, -0.2) is 0 Å². The Morgan fingerprint density at radius 1 is 0.950 bits per heavy atom. The Labute approximate surface area is 129 Å². The molecule has 0 saturated heterocycles. The van der Waals surface area contributed by atoms with Crippen LogP contribution in [-0.4, -0.2) is 20.8 Å². The van der Waals surface area contributed by atoms with Crippen LogP contribution < -0.4 is 0 Å². The molecule has 0 bridgehead atoms. The van der Waals surface area contributed by atoms with E-state index in [2.05, 4.69) is 44.6 Å². The second-order valence-corrected chi connectivity index (χ2v) is 11.4. The van der Waals surface area contributed by atoms with E-state index in [4.69, 9.17) is 0 Å². The number of hydrogen-bond acceptors (Lipinski definition) is 1. The fourth-order valence-corrected chi connectivity index (χ4v) is 6.18. The summed E-state index contributed by atoms with van der Waals surface area (Å²) in [5, 5.41) is 0. The van der Waals surface area contributed by atoms with Crippen molar-refractivity contribution < 1.29 is 0 Å². The SMILES string of the molecule is C=CC[Si](CC)(CC)CCC=NCCCCCCCC. The molecule has 0 spiro atoms. The highest BCUT2D eigenvalue weighted by Gasteiger charge is 2.25. The summed E-state index contributed by atoms with van der Waals surface area (Å²) in [6.45, 7) is 12.0. The van der Waals surface area contributed by atoms with Crippen LogP contribution in [0.3, 0.4) is 0 Å². The van der Waals surface area contributed by atoms with E-state index in [0.717, 1.165) is 6.54 Å². The summed E-state index contributed by atoms with van der Waals surface area (Å²) in [6, 6.07) is 5.46. The summed E-state index contributed by atoms with van der Waals surface area (Å²) >= 11 is 0. The molecule has 0 aliphatic carbocycles. The van der Waals surface area contributed by atoms with Gasteiger partial charge >= 0.3 is 0 Å². The molecule has 2 heteroatoms. The fraction of sp³-hybridized carbons (Fsp3) is 0.833. The van der Waals surface area contributed by atoms with Gasteiger partial charge in [0.2, 0.25) is 0 Å². The topological polar surface area (TPSA) is 12.4 Å². The van der Waals surface area contributed by atoms with Crippen molar-refractivity contribution in [3.05, 3.63) is 12.7 Å². The molecule has 0 N–H and O–H groups in total. The lowest BCUT2D eigenvalue weighted by atomic mass is 10.1. The van der Waals surface area contributed by atoms with Gasteiger partial charge in [0, 0.05) is 6.54 Å². The first-order valence-electron chi connectivity index (χ1n) is 8.83. The molecule has 0 aromatic rings. The first-order valence-corrected chi connectivity index (χ1v) is 11.7. The highest BCUT2D eigenvalue weighted by atomic mass is 28.3. The average molecular weight is 296 g/mol. The van der Waals surface area contributed by atoms with E-state index in [1.807, 2.05) is 0 Å². The van der Waals surface area contributed by atoms with Gasteiger partial charge in [-0.05, 0) is 25.1 Å². The monoisotopic (exact) mass is 295 g/mol. The van der Waals surface area contributed by atoms with Crippen LogP contribution in [0.2, 0.25) is 24.2 Å². The second-order valence-electron chi connectivity index (χ2n) is 6.10. The molecule has 0 aliphatic rings. The van der Waals surface area contributed by atoms with Crippen LogP contribution in [0.25, 0.3) is 0 Å². The zero-order valence-corrected chi connectivity index (χ0v) is 15.3. The lowest BCUT2D eigenvalue weighted by molar-refractivity contribution is 0.612. The van der Waals surface area contributed by atoms with Gasteiger partial charge in [-0.15, -0.1) is 6.58 Å². The van der Waals surface area contributed by atoms with Crippen molar-refractivity contribution in [2.45, 2.75) is 89.9 Å². The van der Waals surface area contributed by atoms with Crippen LogP contribution in [0.15, 0.2) is 17.6 Å². The van der Waals surface area contributed by atoms with Gasteiger partial charge in [-0.1, -0.05) is 77.1 Å². The Morgan fingerprint density at radius 3 is 2.20 bits per heavy atom. The van der Waals surface area contributed by atoms with Crippen LogP contribution in [0.1, 0.15) is 65.7 Å². The van der Waals surface area contributed by atoms with Crippen molar-refractivity contribution in [2.24, 2.45) is 4.99 Å². The van der Waals surface area contributed by atoms with Crippen LogP contribution in [0.4, 0.5) is 0 Å². The van der Waals surface area contributed by atoms with E-state index in [9.17, 15) is 0 Å². The van der Waals surface area contributed by atoms with Gasteiger partial charge in [0.05, 0.1) is 8.07 Å². The molecule has 0 atom stereocenters. The first-order chi connectivity index (χ1) is 9.74. The quantitative estimate of drug-likeness (QED) is 0.150. The lowest BCUT2D eigenvalue weighted by Gasteiger charge is -2.27. The minimum absolute atomic E-state index is 1.04. The normalized spacial score (nSPS) is 12.2. The van der Waals surface area contributed by atoms with Crippen LogP contribution >= 0.6 is 0 Å². The summed E-state index contributed by atoms with van der Waals surface area (Å²) in [5.41, 5.74) is 0. The number of unbranched alkanes of at least 4 members (excludes halogenated alkanes) is 5. The van der Waals surface area contributed by atoms with Gasteiger partial charge in [0.1, 0.15) is 0 Å². The van der Waals surface area contributed by atoms with Crippen molar-refractivity contribution in [1.82, 2.24) is 0 Å². The van der Waals surface area contributed by atoms with Gasteiger partial charge in [-0.2, -0.15) is 0 Å². The summed E-state index contributed by atoms with van der Waals surface area (Å²) in [6.07, 6.45) is 13.7. The largest absolute Gasteiger partial charge is 0.298 e. The molecule has 20 heavy (non-hydrogen) atoms. The molecule has 0 aromatic heterocycles. The molecule has 0 fully saturated rings. The highest BCUT2D eigenvalue weighted by Crippen LogP contribution is 2.26. The smallest absolute Gasteiger partial charge is 0.0571 e. The summed E-state index contributed by atoms with van der Waals surface area (Å²) in [7, 11) is -1.04. The fourth-order valence-electron chi connectivity index (χ4n) is 2.84. The Balaban J connectivity index is 3.65. The lowest BCUT2D eigenvalue weighted by Crippen LogP contribution is -2.31. The highest BCUT2D eigenvalue weighted by molar-refractivity contribution is 6.80. The van der Waals surface area contributed by atoms with Crippen molar-refractivity contribution in [1.29, 1.82) is 0 Å². The van der Waals surface area contributed by atoms with E-state index in [1.165, 1.54) is 69.1 Å². The van der Waals surface area contributed by atoms with E-state index >= 15 is 0 Å². The second kappa shape index (κ2) is 13.6. The maximum atomic E-state index is 4.59. The summed E-state index contributed by atoms with van der Waals surface area (Å²) in [4.78, 5) is 4.59. The molecule has 0 radical (unpaired) electrons. The van der Waals surface area contributed by atoms with Gasteiger partial charge < -0.3 is 0 Å². The Morgan fingerprint density at radius 2 is 1.60 bits per heavy atom. The Kier molecular flexibility index (Phi) is 13.3. The summed E-state index contributed by atoms with van der Waals surface area (Å²) in [5.74, 6) is 0. The molecule has 118 valence electrons. The number of allylic oxidation sites excluding steroid dienone is 1. The molecule has 0 aromatic carbocycles. The van der Waals surface area contributed by atoms with Crippen molar-refractivity contribution >= 4 is 14.3 Å². The zero-order chi connectivity index (χ0) is 15.1. The first kappa shape index (κ1) is 19.6. The van der Waals surface area contributed by atoms with E-state index in [-0.39, 0.29) is 0 Å². The van der Waals surface area contributed by atoms with Gasteiger partial charge in [0.25, 0.3) is 0 Å². The molecule has 0 aliphatic heterocycles. The van der Waals surface area contributed by atoms with E-state index < -0.39 is 8.07 Å². The van der Waals surface area contributed by atoms with Crippen LogP contribution in [-0.2, 0) is 0 Å². The number of rotatable bonds is 14. The van der Waals surface area contributed by atoms with E-state index in [1.54, 1.807) is 0 Å². The molecule has 0 rings (SSSR count). The van der Waals surface area contributed by atoms with Crippen molar-refractivity contribution in [3.8, 4) is 0 Å². The molecule has 0 amide bonds. The van der Waals surface area contributed by atoms with E-state index in [0.29, 0.717) is 0 Å². The van der Waals surface area contributed by atoms with Crippen LogP contribution in [0, 0.1) is 0 Å². The third-order valence-electron chi connectivity index (χ3n) is 4.65. The molecule has 0 unspecified atom stereocenters. The summed E-state index contributed by atoms with van der Waals surface area (Å²) < 4.78 is 0. The molecular weight excluding hydrogens is 258 g/mol. The molecule has 0 saturated carbocycles. The number of hydrogen-bond donors (Lipinski definition) is 0. The molecule has 1 nitrogen and oxygen atoms in total. The van der Waals surface area contributed by atoms with Crippen LogP contribution in [0.5, 0.6) is 0 Å². The molecule has 0 heterocycles.